The van der Waals surface area contributed by atoms with Crippen molar-refractivity contribution in [3.05, 3.63) is 64.7 Å². The van der Waals surface area contributed by atoms with Gasteiger partial charge in [0.05, 0.1) is 12.0 Å². The number of ketones is 1. The van der Waals surface area contributed by atoms with Gasteiger partial charge in [0, 0.05) is 36.8 Å². The van der Waals surface area contributed by atoms with E-state index >= 15 is 0 Å². The van der Waals surface area contributed by atoms with E-state index < -0.39 is 22.0 Å². The predicted molar refractivity (Wildman–Crippen MR) is 113 cm³/mol. The van der Waals surface area contributed by atoms with E-state index in [-0.39, 0.29) is 23.8 Å². The molecule has 0 bridgehead atoms. The van der Waals surface area contributed by atoms with Crippen molar-refractivity contribution in [1.29, 1.82) is 0 Å². The topological polar surface area (TPSA) is 84.0 Å². The molecule has 160 valence electrons. The maximum Gasteiger partial charge on any atom is 0.327 e. The fraction of sp³-hybridized carbons (Fsp3) is 0.333. The van der Waals surface area contributed by atoms with Crippen molar-refractivity contribution in [2.75, 3.05) is 33.3 Å². The van der Waals surface area contributed by atoms with Crippen molar-refractivity contribution in [2.45, 2.75) is 17.9 Å². The molecule has 0 amide bonds. The predicted octanol–water partition coefficient (Wildman–Crippen LogP) is 2.76. The zero-order chi connectivity index (χ0) is 21.9. The smallest absolute Gasteiger partial charge is 0.327 e. The van der Waals surface area contributed by atoms with E-state index in [1.807, 2.05) is 4.90 Å². The van der Waals surface area contributed by atoms with Gasteiger partial charge in [0.2, 0.25) is 10.0 Å². The summed E-state index contributed by atoms with van der Waals surface area (Å²) >= 11 is 6.29. The Morgan fingerprint density at radius 2 is 1.60 bits per heavy atom. The summed E-state index contributed by atoms with van der Waals surface area (Å²) in [6, 6.07) is 12.3. The van der Waals surface area contributed by atoms with Gasteiger partial charge >= 0.3 is 5.97 Å². The number of sulfonamides is 1. The number of esters is 1. The lowest BCUT2D eigenvalue weighted by Gasteiger charge is -2.37. The Balaban J connectivity index is 1.77. The molecule has 0 saturated carbocycles. The van der Waals surface area contributed by atoms with Crippen molar-refractivity contribution >= 4 is 33.4 Å². The second-order valence-electron chi connectivity index (χ2n) is 6.97. The van der Waals surface area contributed by atoms with Crippen LogP contribution in [0.1, 0.15) is 28.9 Å². The van der Waals surface area contributed by atoms with Crippen molar-refractivity contribution in [3.63, 3.8) is 0 Å². The Bertz CT molecular complexity index is 1030. The number of rotatable bonds is 6. The first-order valence-electron chi connectivity index (χ1n) is 9.43. The molecular formula is C21H23ClN2O5S. The standard InChI is InChI=1S/C21H23ClN2O5S/c1-15(25)16-7-9-17(10-8-16)30(27,28)24-13-11-23(12-14-24)20(21(26)29-2)18-5-3-4-6-19(18)22/h3-10,20H,11-14H2,1-2H3. The van der Waals surface area contributed by atoms with Gasteiger partial charge in [-0.05, 0) is 30.7 Å². The molecular weight excluding hydrogens is 428 g/mol. The van der Waals surface area contributed by atoms with Gasteiger partial charge in [-0.3, -0.25) is 9.69 Å². The molecule has 0 radical (unpaired) electrons. The Morgan fingerprint density at radius 1 is 1.00 bits per heavy atom. The van der Waals surface area contributed by atoms with Crippen molar-refractivity contribution in [2.24, 2.45) is 0 Å². The second kappa shape index (κ2) is 9.26. The third kappa shape index (κ3) is 4.57. The lowest BCUT2D eigenvalue weighted by molar-refractivity contribution is -0.147. The molecule has 3 rings (SSSR count). The summed E-state index contributed by atoms with van der Waals surface area (Å²) in [7, 11) is -2.38. The molecule has 1 unspecified atom stereocenters. The number of nitrogens with zero attached hydrogens (tertiary/aromatic N) is 2. The molecule has 0 spiro atoms. The first-order valence-corrected chi connectivity index (χ1v) is 11.2. The van der Waals surface area contributed by atoms with Crippen LogP contribution in [0.25, 0.3) is 0 Å². The number of piperazine rings is 1. The molecule has 7 nitrogen and oxygen atoms in total. The van der Waals surface area contributed by atoms with Crippen LogP contribution in [0.4, 0.5) is 0 Å². The van der Waals surface area contributed by atoms with Crippen LogP contribution >= 0.6 is 11.6 Å². The summed E-state index contributed by atoms with van der Waals surface area (Å²) in [5, 5.41) is 0.452. The molecule has 0 N–H and O–H groups in total. The first-order chi connectivity index (χ1) is 14.3. The molecule has 9 heteroatoms. The van der Waals surface area contributed by atoms with Gasteiger partial charge in [0.1, 0.15) is 6.04 Å². The van der Waals surface area contributed by atoms with Gasteiger partial charge in [-0.15, -0.1) is 0 Å². The van der Waals surface area contributed by atoms with E-state index in [2.05, 4.69) is 0 Å². The lowest BCUT2D eigenvalue weighted by Crippen LogP contribution is -2.51. The number of hydrogen-bond donors (Lipinski definition) is 0. The zero-order valence-corrected chi connectivity index (χ0v) is 18.3. The van der Waals surface area contributed by atoms with Crippen LogP contribution in [0.2, 0.25) is 5.02 Å². The molecule has 1 aliphatic heterocycles. The number of carbonyl (C=O) groups is 2. The average Bonchev–Trinajstić information content (AvgIpc) is 2.75. The third-order valence-electron chi connectivity index (χ3n) is 5.16. The highest BCUT2D eigenvalue weighted by Crippen LogP contribution is 2.30. The number of Topliss-reactive ketones (excluding diaryl/α,β-unsaturated/α-hetero) is 1. The van der Waals surface area contributed by atoms with E-state index in [9.17, 15) is 18.0 Å². The van der Waals surface area contributed by atoms with Gasteiger partial charge < -0.3 is 4.74 Å². The van der Waals surface area contributed by atoms with Crippen LogP contribution in [0.5, 0.6) is 0 Å². The van der Waals surface area contributed by atoms with Gasteiger partial charge in [-0.25, -0.2) is 13.2 Å². The number of hydrogen-bond acceptors (Lipinski definition) is 6. The summed E-state index contributed by atoms with van der Waals surface area (Å²) in [5.74, 6) is -0.569. The van der Waals surface area contributed by atoms with Crippen molar-refractivity contribution in [3.8, 4) is 0 Å². The van der Waals surface area contributed by atoms with Crippen LogP contribution in [0.3, 0.4) is 0 Å². The van der Waals surface area contributed by atoms with Gasteiger partial charge in [0.25, 0.3) is 0 Å². The van der Waals surface area contributed by atoms with Crippen molar-refractivity contribution < 1.29 is 22.7 Å². The number of methoxy groups -OCH3 is 1. The molecule has 30 heavy (non-hydrogen) atoms. The minimum atomic E-state index is -3.70. The van der Waals surface area contributed by atoms with Gasteiger partial charge in [-0.1, -0.05) is 41.9 Å². The molecule has 1 aliphatic rings. The maximum atomic E-state index is 13.0. The van der Waals surface area contributed by atoms with E-state index in [1.54, 1.807) is 24.3 Å². The molecule has 1 heterocycles. The summed E-state index contributed by atoms with van der Waals surface area (Å²) in [6.45, 7) is 2.55. The molecule has 1 atom stereocenters. The second-order valence-corrected chi connectivity index (χ2v) is 9.31. The quantitative estimate of drug-likeness (QED) is 0.497. The highest BCUT2D eigenvalue weighted by molar-refractivity contribution is 7.89. The molecule has 0 aromatic heterocycles. The Labute approximate surface area is 181 Å². The molecule has 2 aromatic rings. The largest absolute Gasteiger partial charge is 0.468 e. The molecule has 1 fully saturated rings. The fourth-order valence-corrected chi connectivity index (χ4v) is 5.16. The van der Waals surface area contributed by atoms with E-state index in [0.717, 1.165) is 0 Å². The normalized spacial score (nSPS) is 16.8. The molecule has 2 aromatic carbocycles. The zero-order valence-electron chi connectivity index (χ0n) is 16.7. The lowest BCUT2D eigenvalue weighted by atomic mass is 10.0. The van der Waals surface area contributed by atoms with Crippen LogP contribution in [-0.4, -0.2) is 62.7 Å². The highest BCUT2D eigenvalue weighted by Gasteiger charge is 2.35. The summed E-state index contributed by atoms with van der Waals surface area (Å²) in [5.41, 5.74) is 1.08. The Morgan fingerprint density at radius 3 is 2.13 bits per heavy atom. The summed E-state index contributed by atoms with van der Waals surface area (Å²) in [4.78, 5) is 25.9. The summed E-state index contributed by atoms with van der Waals surface area (Å²) in [6.07, 6.45) is 0. The van der Waals surface area contributed by atoms with Crippen LogP contribution in [0, 0.1) is 0 Å². The summed E-state index contributed by atoms with van der Waals surface area (Å²) < 4.78 is 32.3. The first kappa shape index (κ1) is 22.4. The SMILES string of the molecule is COC(=O)C(c1ccccc1Cl)N1CCN(S(=O)(=O)c2ccc(C(C)=O)cc2)CC1. The minimum absolute atomic E-state index is 0.124. The number of benzene rings is 2. The number of halogens is 1. The fourth-order valence-electron chi connectivity index (χ4n) is 3.49. The van der Waals surface area contributed by atoms with Gasteiger partial charge in [0.15, 0.2) is 5.78 Å². The minimum Gasteiger partial charge on any atom is -0.468 e. The molecule has 1 saturated heterocycles. The maximum absolute atomic E-state index is 13.0. The molecule has 0 aliphatic carbocycles. The Hall–Kier alpha value is -2.26. The van der Waals surface area contributed by atoms with E-state index in [0.29, 0.717) is 29.2 Å². The highest BCUT2D eigenvalue weighted by atomic mass is 35.5. The van der Waals surface area contributed by atoms with E-state index in [1.165, 1.54) is 42.6 Å². The van der Waals surface area contributed by atoms with Crippen LogP contribution in [0.15, 0.2) is 53.4 Å². The number of ether oxygens (including phenoxy) is 1. The van der Waals surface area contributed by atoms with Crippen LogP contribution in [-0.2, 0) is 19.6 Å². The van der Waals surface area contributed by atoms with Crippen molar-refractivity contribution in [1.82, 2.24) is 9.21 Å². The Kier molecular flexibility index (Phi) is 6.92. The third-order valence-corrected chi connectivity index (χ3v) is 7.42. The average molecular weight is 451 g/mol. The monoisotopic (exact) mass is 450 g/mol. The van der Waals surface area contributed by atoms with Crippen LogP contribution < -0.4 is 0 Å². The van der Waals surface area contributed by atoms with Gasteiger partial charge in [-0.2, -0.15) is 4.31 Å². The number of carbonyl (C=O) groups excluding carboxylic acids is 2. The van der Waals surface area contributed by atoms with E-state index in [4.69, 9.17) is 16.3 Å².